The number of fused-ring (bicyclic) bond motifs is 2. The van der Waals surface area contributed by atoms with Gasteiger partial charge < -0.3 is 39.8 Å². The molecule has 4 aliphatic rings. The number of amides is 2. The van der Waals surface area contributed by atoms with Crippen LogP contribution in [-0.4, -0.2) is 91.0 Å². The first-order valence-electron chi connectivity index (χ1n) is 16.4. The number of hydrogen-bond donors (Lipinski definition) is 3. The zero-order chi connectivity index (χ0) is 32.9. The number of rotatable bonds is 2. The van der Waals surface area contributed by atoms with Gasteiger partial charge in [0.25, 0.3) is 0 Å². The molecule has 2 fully saturated rings. The van der Waals surface area contributed by atoms with Gasteiger partial charge in [0.1, 0.15) is 30.3 Å². The van der Waals surface area contributed by atoms with Gasteiger partial charge in [0, 0.05) is 49.8 Å². The molecule has 2 aromatic carbocycles. The summed E-state index contributed by atoms with van der Waals surface area (Å²) in [4.78, 5) is 38.5. The van der Waals surface area contributed by atoms with E-state index >= 15 is 0 Å². The van der Waals surface area contributed by atoms with Gasteiger partial charge >= 0.3 is 12.1 Å². The summed E-state index contributed by atoms with van der Waals surface area (Å²) < 4.78 is 16.4. The van der Waals surface area contributed by atoms with E-state index in [1.54, 1.807) is 4.90 Å². The fourth-order valence-electron chi connectivity index (χ4n) is 5.72. The smallest absolute Gasteiger partial charge is 0.410 e. The molecule has 2 amide bonds. The highest BCUT2D eigenvalue weighted by Gasteiger charge is 2.30. The molecule has 0 bridgehead atoms. The molecule has 0 aliphatic carbocycles. The highest BCUT2D eigenvalue weighted by atomic mass is 35.5. The molecule has 2 aromatic rings. The molecule has 0 atom stereocenters. The van der Waals surface area contributed by atoms with E-state index in [1.807, 2.05) is 68.1 Å². The fraction of sp³-hybridized carbons (Fsp3) is 0.571. The summed E-state index contributed by atoms with van der Waals surface area (Å²) in [6.45, 7) is 12.9. The van der Waals surface area contributed by atoms with Crippen molar-refractivity contribution >= 4 is 30.4 Å². The van der Waals surface area contributed by atoms with E-state index in [1.165, 1.54) is 5.56 Å². The summed E-state index contributed by atoms with van der Waals surface area (Å²) in [7, 11) is 0. The molecule has 0 radical (unpaired) electrons. The first-order valence-corrected chi connectivity index (χ1v) is 16.4. The number of halogens is 1. The summed E-state index contributed by atoms with van der Waals surface area (Å²) in [6.07, 6.45) is 2.58. The van der Waals surface area contributed by atoms with Crippen molar-refractivity contribution in [2.24, 2.45) is 11.8 Å². The van der Waals surface area contributed by atoms with E-state index in [-0.39, 0.29) is 30.3 Å². The molecule has 0 aromatic heterocycles. The minimum absolute atomic E-state index is 0. The summed E-state index contributed by atoms with van der Waals surface area (Å²) in [6, 6.07) is 16.1. The van der Waals surface area contributed by atoms with Crippen molar-refractivity contribution in [3.05, 3.63) is 59.7 Å². The van der Waals surface area contributed by atoms with Crippen LogP contribution in [0.4, 0.5) is 4.79 Å². The van der Waals surface area contributed by atoms with Crippen molar-refractivity contribution in [2.45, 2.75) is 65.1 Å². The molecule has 0 spiro atoms. The van der Waals surface area contributed by atoms with Crippen molar-refractivity contribution in [3.8, 4) is 11.5 Å². The summed E-state index contributed by atoms with van der Waals surface area (Å²) in [5.41, 5.74) is 1.87. The number of carbonyl (C=O) groups is 3. The quantitative estimate of drug-likeness (QED) is 0.415. The van der Waals surface area contributed by atoms with Gasteiger partial charge in [-0.15, -0.1) is 12.4 Å². The zero-order valence-electron chi connectivity index (χ0n) is 27.9. The van der Waals surface area contributed by atoms with Crippen LogP contribution in [0.1, 0.15) is 57.6 Å². The van der Waals surface area contributed by atoms with Crippen LogP contribution >= 0.6 is 12.4 Å². The third-order valence-corrected chi connectivity index (χ3v) is 8.27. The predicted molar refractivity (Wildman–Crippen MR) is 182 cm³/mol. The van der Waals surface area contributed by atoms with Crippen molar-refractivity contribution in [1.29, 1.82) is 0 Å². The lowest BCUT2D eigenvalue weighted by molar-refractivity contribution is -0.143. The SMILES string of the molecule is CC(C)(C)OC(=O)N1CCC(C(=O)O)CC1.Cl.O=C(C1CCNCC1)N1CCOc2ccccc2C1.c1ccc2c(c1)CNCCO2. The molecule has 6 rings (SSSR count). The Morgan fingerprint density at radius 2 is 1.36 bits per heavy atom. The van der Waals surface area contributed by atoms with E-state index in [0.717, 1.165) is 62.7 Å². The third-order valence-electron chi connectivity index (χ3n) is 8.27. The maximum Gasteiger partial charge on any atom is 0.410 e. The Balaban J connectivity index is 0.000000196. The predicted octanol–water partition coefficient (Wildman–Crippen LogP) is 4.72. The van der Waals surface area contributed by atoms with Crippen molar-refractivity contribution in [3.63, 3.8) is 0 Å². The third kappa shape index (κ3) is 12.2. The number of carbonyl (C=O) groups excluding carboxylic acids is 2. The highest BCUT2D eigenvalue weighted by Crippen LogP contribution is 2.25. The second-order valence-electron chi connectivity index (χ2n) is 13.0. The van der Waals surface area contributed by atoms with Crippen LogP contribution in [0.5, 0.6) is 11.5 Å². The number of benzene rings is 2. The molecule has 3 N–H and O–H groups in total. The van der Waals surface area contributed by atoms with Crippen LogP contribution in [0.15, 0.2) is 48.5 Å². The number of nitrogens with zero attached hydrogens (tertiary/aromatic N) is 2. The molecule has 0 saturated carbocycles. The average molecular weight is 675 g/mol. The lowest BCUT2D eigenvalue weighted by Gasteiger charge is -2.32. The number of carboxylic acid groups (broad SMARTS) is 1. The Morgan fingerprint density at radius 1 is 0.766 bits per heavy atom. The van der Waals surface area contributed by atoms with Gasteiger partial charge in [-0.25, -0.2) is 4.79 Å². The average Bonchev–Trinajstić information content (AvgIpc) is 3.43. The Morgan fingerprint density at radius 3 is 2.00 bits per heavy atom. The standard InChI is InChI=1S/C15H20N2O2.C11H19NO4.C9H11NO.ClH/c18-15(12-5-7-16-8-6-12)17-9-10-19-14-4-2-1-3-13(14)11-17;1-11(2,3)16-10(15)12-6-4-8(5-7-12)9(13)14;1-2-4-9-8(3-1)7-10-5-6-11-9;/h1-4,12,16H,5-11H2;8H,4-7H2,1-3H3,(H,13,14);1-4,10H,5-7H2;1H. The molecule has 12 heteroatoms. The van der Waals surface area contributed by atoms with Crippen LogP contribution in [0.2, 0.25) is 0 Å². The van der Waals surface area contributed by atoms with Crippen molar-refractivity contribution in [1.82, 2.24) is 20.4 Å². The second-order valence-corrected chi connectivity index (χ2v) is 13.0. The highest BCUT2D eigenvalue weighted by molar-refractivity contribution is 5.85. The van der Waals surface area contributed by atoms with Gasteiger partial charge in [0.05, 0.1) is 12.5 Å². The number of para-hydroxylation sites is 2. The topological polar surface area (TPSA) is 130 Å². The second kappa shape index (κ2) is 18.7. The number of aliphatic carboxylic acids is 1. The van der Waals surface area contributed by atoms with E-state index in [0.29, 0.717) is 51.5 Å². The van der Waals surface area contributed by atoms with Crippen molar-refractivity contribution < 1.29 is 33.7 Å². The number of ether oxygens (including phenoxy) is 3. The molecule has 0 unspecified atom stereocenters. The van der Waals surface area contributed by atoms with E-state index in [4.69, 9.17) is 19.3 Å². The number of nitrogens with one attached hydrogen (secondary N) is 2. The number of likely N-dealkylation sites (tertiary alicyclic amines) is 1. The van der Waals surface area contributed by atoms with Gasteiger partial charge in [0.2, 0.25) is 5.91 Å². The monoisotopic (exact) mass is 674 g/mol. The number of hydrogen-bond acceptors (Lipinski definition) is 8. The summed E-state index contributed by atoms with van der Waals surface area (Å²) in [5.74, 6) is 1.33. The molecular weight excluding hydrogens is 624 g/mol. The Labute approximate surface area is 284 Å². The zero-order valence-corrected chi connectivity index (χ0v) is 28.7. The van der Waals surface area contributed by atoms with Crippen LogP contribution in [0, 0.1) is 11.8 Å². The van der Waals surface area contributed by atoms with Gasteiger partial charge in [0.15, 0.2) is 0 Å². The molecule has 11 nitrogen and oxygen atoms in total. The first kappa shape index (κ1) is 37.9. The Kier molecular flexibility index (Phi) is 15.1. The van der Waals surface area contributed by atoms with E-state index in [2.05, 4.69) is 16.7 Å². The minimum Gasteiger partial charge on any atom is -0.492 e. The Hall–Kier alpha value is -3.54. The normalized spacial score (nSPS) is 18.3. The van der Waals surface area contributed by atoms with E-state index < -0.39 is 11.6 Å². The molecule has 4 aliphatic heterocycles. The van der Waals surface area contributed by atoms with Crippen LogP contribution < -0.4 is 20.1 Å². The summed E-state index contributed by atoms with van der Waals surface area (Å²) >= 11 is 0. The lowest BCUT2D eigenvalue weighted by atomic mass is 9.96. The number of carboxylic acids is 1. The molecule has 2 saturated heterocycles. The minimum atomic E-state index is -0.774. The fourth-order valence-corrected chi connectivity index (χ4v) is 5.72. The lowest BCUT2D eigenvalue weighted by Crippen LogP contribution is -2.42. The molecule has 260 valence electrons. The van der Waals surface area contributed by atoms with Gasteiger partial charge in [-0.05, 0) is 71.7 Å². The first-order chi connectivity index (χ1) is 22.1. The number of piperidine rings is 2. The van der Waals surface area contributed by atoms with E-state index in [9.17, 15) is 14.4 Å². The maximum absolute atomic E-state index is 12.6. The van der Waals surface area contributed by atoms with Crippen LogP contribution in [0.25, 0.3) is 0 Å². The Bertz CT molecular complexity index is 1270. The summed E-state index contributed by atoms with van der Waals surface area (Å²) in [5, 5.41) is 15.4. The van der Waals surface area contributed by atoms with Crippen LogP contribution in [0.3, 0.4) is 0 Å². The largest absolute Gasteiger partial charge is 0.492 e. The van der Waals surface area contributed by atoms with Crippen molar-refractivity contribution in [2.75, 3.05) is 52.5 Å². The van der Waals surface area contributed by atoms with Gasteiger partial charge in [-0.3, -0.25) is 9.59 Å². The van der Waals surface area contributed by atoms with Gasteiger partial charge in [-0.2, -0.15) is 0 Å². The molecule has 4 heterocycles. The maximum atomic E-state index is 12.6. The van der Waals surface area contributed by atoms with Gasteiger partial charge in [-0.1, -0.05) is 36.4 Å². The molecular formula is C35H51ClN4O7. The molecule has 47 heavy (non-hydrogen) atoms. The van der Waals surface area contributed by atoms with Crippen LogP contribution in [-0.2, 0) is 27.4 Å².